The molecule has 0 N–H and O–H groups in total. The van der Waals surface area contributed by atoms with Gasteiger partial charge in [0.2, 0.25) is 0 Å². The van der Waals surface area contributed by atoms with Crippen molar-refractivity contribution >= 4 is 37.8 Å². The van der Waals surface area contributed by atoms with Gasteiger partial charge in [0.1, 0.15) is 0 Å². The lowest BCUT2D eigenvalue weighted by atomic mass is 10.1. The Hall–Kier alpha value is -0.390. The number of halogens is 2. The van der Waals surface area contributed by atoms with Crippen LogP contribution >= 0.6 is 31.9 Å². The molecule has 0 aromatic heterocycles. The van der Waals surface area contributed by atoms with E-state index in [2.05, 4.69) is 31.9 Å². The van der Waals surface area contributed by atoms with Gasteiger partial charge in [-0.25, -0.2) is 4.79 Å². The highest BCUT2D eigenvalue weighted by Gasteiger charge is 2.23. The molecular weight excluding hydrogens is 340 g/mol. The Morgan fingerprint density at radius 2 is 2.12 bits per heavy atom. The lowest BCUT2D eigenvalue weighted by Gasteiger charge is -2.15. The summed E-state index contributed by atoms with van der Waals surface area (Å²) in [6.45, 7) is 2.11. The predicted octanol–water partition coefficient (Wildman–Crippen LogP) is 3.46. The first kappa shape index (κ1) is 13.7. The van der Waals surface area contributed by atoms with E-state index in [9.17, 15) is 4.79 Å². The van der Waals surface area contributed by atoms with Crippen molar-refractivity contribution in [2.24, 2.45) is 0 Å². The first-order chi connectivity index (χ1) is 7.60. The van der Waals surface area contributed by atoms with Crippen LogP contribution in [0.4, 0.5) is 0 Å². The van der Waals surface area contributed by atoms with Crippen LogP contribution in [-0.4, -0.2) is 19.7 Å². The number of carbonyl (C=O) groups is 1. The molecule has 16 heavy (non-hydrogen) atoms. The van der Waals surface area contributed by atoms with Gasteiger partial charge in [-0.3, -0.25) is 0 Å². The van der Waals surface area contributed by atoms with Gasteiger partial charge in [-0.05, 0) is 19.1 Å². The zero-order chi connectivity index (χ0) is 12.1. The molecule has 1 rings (SSSR count). The zero-order valence-corrected chi connectivity index (χ0v) is 12.2. The van der Waals surface area contributed by atoms with Gasteiger partial charge in [0.25, 0.3) is 0 Å². The summed E-state index contributed by atoms with van der Waals surface area (Å²) in [4.78, 5) is 11.6. The summed E-state index contributed by atoms with van der Waals surface area (Å²) in [5.74, 6) is -0.381. The molecule has 1 unspecified atom stereocenters. The van der Waals surface area contributed by atoms with E-state index in [1.807, 2.05) is 18.2 Å². The summed E-state index contributed by atoms with van der Waals surface area (Å²) in [6.07, 6.45) is -0.692. The van der Waals surface area contributed by atoms with Crippen LogP contribution in [-0.2, 0) is 14.3 Å². The Morgan fingerprint density at radius 3 is 2.62 bits per heavy atom. The van der Waals surface area contributed by atoms with E-state index in [0.29, 0.717) is 6.61 Å². The highest BCUT2D eigenvalue weighted by atomic mass is 79.9. The Bertz CT molecular complexity index is 379. The van der Waals surface area contributed by atoms with Gasteiger partial charge >= 0.3 is 5.97 Å². The van der Waals surface area contributed by atoms with Crippen LogP contribution in [0.1, 0.15) is 18.6 Å². The van der Waals surface area contributed by atoms with Crippen molar-refractivity contribution in [3.05, 3.63) is 32.7 Å². The highest BCUT2D eigenvalue weighted by molar-refractivity contribution is 9.11. The van der Waals surface area contributed by atoms with Crippen molar-refractivity contribution in [1.82, 2.24) is 0 Å². The maximum absolute atomic E-state index is 11.6. The van der Waals surface area contributed by atoms with Crippen molar-refractivity contribution in [1.29, 1.82) is 0 Å². The average Bonchev–Trinajstić information content (AvgIpc) is 2.22. The lowest BCUT2D eigenvalue weighted by Crippen LogP contribution is -2.18. The molecule has 1 aromatic rings. The fourth-order valence-electron chi connectivity index (χ4n) is 1.28. The molecule has 0 aliphatic heterocycles. The molecule has 88 valence electrons. The third-order valence-electron chi connectivity index (χ3n) is 1.98. The van der Waals surface area contributed by atoms with Gasteiger partial charge in [-0.2, -0.15) is 0 Å². The zero-order valence-electron chi connectivity index (χ0n) is 9.00. The minimum Gasteiger partial charge on any atom is -0.464 e. The van der Waals surface area contributed by atoms with E-state index in [4.69, 9.17) is 9.47 Å². The Balaban J connectivity index is 2.99. The fraction of sp³-hybridized carbons (Fsp3) is 0.364. The van der Waals surface area contributed by atoms with Crippen LogP contribution in [0.2, 0.25) is 0 Å². The van der Waals surface area contributed by atoms with Crippen LogP contribution in [0.15, 0.2) is 27.1 Å². The Kier molecular flexibility index (Phi) is 5.44. The van der Waals surface area contributed by atoms with Gasteiger partial charge in [0.15, 0.2) is 6.10 Å². The van der Waals surface area contributed by atoms with Crippen molar-refractivity contribution < 1.29 is 14.3 Å². The van der Waals surface area contributed by atoms with E-state index in [0.717, 1.165) is 14.5 Å². The van der Waals surface area contributed by atoms with E-state index in [1.165, 1.54) is 7.11 Å². The largest absolute Gasteiger partial charge is 0.464 e. The van der Waals surface area contributed by atoms with Gasteiger partial charge in [-0.1, -0.05) is 37.9 Å². The van der Waals surface area contributed by atoms with Gasteiger partial charge in [-0.15, -0.1) is 0 Å². The molecular formula is C11H12Br2O3. The van der Waals surface area contributed by atoms with Gasteiger partial charge < -0.3 is 9.47 Å². The molecule has 0 heterocycles. The number of benzene rings is 1. The van der Waals surface area contributed by atoms with Crippen molar-refractivity contribution in [3.8, 4) is 0 Å². The molecule has 0 saturated carbocycles. The number of hydrogen-bond acceptors (Lipinski definition) is 3. The smallest absolute Gasteiger partial charge is 0.339 e. The highest BCUT2D eigenvalue weighted by Crippen LogP contribution is 2.29. The van der Waals surface area contributed by atoms with E-state index >= 15 is 0 Å². The summed E-state index contributed by atoms with van der Waals surface area (Å²) < 4.78 is 11.8. The number of methoxy groups -OCH3 is 1. The van der Waals surface area contributed by atoms with Crippen LogP contribution in [0, 0.1) is 0 Å². The molecule has 0 bridgehead atoms. The second kappa shape index (κ2) is 6.37. The summed E-state index contributed by atoms with van der Waals surface area (Å²) in [7, 11) is 1.48. The Labute approximate surface area is 111 Å². The molecule has 1 aromatic carbocycles. The van der Waals surface area contributed by atoms with Crippen molar-refractivity contribution in [2.45, 2.75) is 13.0 Å². The van der Waals surface area contributed by atoms with Crippen LogP contribution in [0.3, 0.4) is 0 Å². The predicted molar refractivity (Wildman–Crippen MR) is 68.2 cm³/mol. The van der Waals surface area contributed by atoms with Crippen LogP contribution in [0.25, 0.3) is 0 Å². The number of rotatable bonds is 4. The maximum Gasteiger partial charge on any atom is 0.339 e. The van der Waals surface area contributed by atoms with Gasteiger partial charge in [0.05, 0.1) is 6.61 Å². The first-order valence-electron chi connectivity index (χ1n) is 4.74. The minimum atomic E-state index is -0.692. The van der Waals surface area contributed by atoms with Crippen LogP contribution < -0.4 is 0 Å². The quantitative estimate of drug-likeness (QED) is 0.779. The summed E-state index contributed by atoms with van der Waals surface area (Å²) >= 11 is 6.74. The molecule has 0 saturated heterocycles. The summed E-state index contributed by atoms with van der Waals surface area (Å²) in [6, 6.07) is 5.53. The molecule has 0 fully saturated rings. The Morgan fingerprint density at radius 1 is 1.44 bits per heavy atom. The third-order valence-corrected chi connectivity index (χ3v) is 3.16. The molecule has 5 heteroatoms. The topological polar surface area (TPSA) is 35.5 Å². The normalized spacial score (nSPS) is 12.2. The molecule has 0 radical (unpaired) electrons. The summed E-state index contributed by atoms with van der Waals surface area (Å²) in [5.41, 5.74) is 0.754. The maximum atomic E-state index is 11.6. The third kappa shape index (κ3) is 3.30. The summed E-state index contributed by atoms with van der Waals surface area (Å²) in [5, 5.41) is 0. The second-order valence-electron chi connectivity index (χ2n) is 3.03. The fourth-order valence-corrected chi connectivity index (χ4v) is 2.54. The lowest BCUT2D eigenvalue weighted by molar-refractivity contribution is -0.155. The SMILES string of the molecule is CCOC(=O)C(OC)c1ccc(Br)cc1Br. The number of ether oxygens (including phenoxy) is 2. The standard InChI is InChI=1S/C11H12Br2O3/c1-3-16-11(14)10(15-2)8-5-4-7(12)6-9(8)13/h4-6,10H,3H2,1-2H3. The molecule has 0 spiro atoms. The minimum absolute atomic E-state index is 0.340. The van der Waals surface area contributed by atoms with Crippen LogP contribution in [0.5, 0.6) is 0 Å². The number of carbonyl (C=O) groups excluding carboxylic acids is 1. The van der Waals surface area contributed by atoms with Gasteiger partial charge in [0, 0.05) is 21.6 Å². The monoisotopic (exact) mass is 350 g/mol. The molecule has 0 aliphatic rings. The molecule has 3 nitrogen and oxygen atoms in total. The van der Waals surface area contributed by atoms with E-state index in [1.54, 1.807) is 6.92 Å². The van der Waals surface area contributed by atoms with Crippen molar-refractivity contribution in [2.75, 3.05) is 13.7 Å². The number of esters is 1. The van der Waals surface area contributed by atoms with E-state index < -0.39 is 6.10 Å². The number of hydrogen-bond donors (Lipinski definition) is 0. The average molecular weight is 352 g/mol. The van der Waals surface area contributed by atoms with E-state index in [-0.39, 0.29) is 5.97 Å². The molecule has 1 atom stereocenters. The molecule has 0 aliphatic carbocycles. The molecule has 0 amide bonds. The first-order valence-corrected chi connectivity index (χ1v) is 6.33. The van der Waals surface area contributed by atoms with Crippen molar-refractivity contribution in [3.63, 3.8) is 0 Å². The second-order valence-corrected chi connectivity index (χ2v) is 4.80.